The fraction of sp³-hybridized carbons (Fsp3) is 0.182. The Kier molecular flexibility index (Phi) is 2.79. The number of aryl methyl sites for hydroxylation is 2. The smallest absolute Gasteiger partial charge is 0.0928 e. The molecule has 0 amide bonds. The lowest BCUT2D eigenvalue weighted by molar-refractivity contribution is 0.944. The quantitative estimate of drug-likeness (QED) is 0.780. The van der Waals surface area contributed by atoms with Gasteiger partial charge in [-0.15, -0.1) is 11.3 Å². The van der Waals surface area contributed by atoms with Gasteiger partial charge in [0.1, 0.15) is 0 Å². The normalized spacial score (nSPS) is 10.3. The van der Waals surface area contributed by atoms with E-state index in [0.717, 1.165) is 18.5 Å². The average Bonchev–Trinajstić information content (AvgIpc) is 2.70. The molecule has 2 rings (SSSR count). The van der Waals surface area contributed by atoms with Crippen molar-refractivity contribution in [1.82, 2.24) is 4.98 Å². The van der Waals surface area contributed by atoms with Crippen LogP contribution in [0, 0.1) is 0 Å². The number of hydrogen-bond acceptors (Lipinski definition) is 3. The molecule has 0 aliphatic carbocycles. The SMILES string of the molecule is Nc1ccc(CCc2nccs2)cc1. The van der Waals surface area contributed by atoms with Crippen LogP contribution in [0.1, 0.15) is 10.6 Å². The average molecular weight is 204 g/mol. The van der Waals surface area contributed by atoms with Crippen LogP contribution in [-0.4, -0.2) is 4.98 Å². The standard InChI is InChI=1S/C11H12N2S/c12-10-4-1-9(2-5-10)3-6-11-13-7-8-14-11/h1-2,4-5,7-8H,3,6,12H2. The highest BCUT2D eigenvalue weighted by Crippen LogP contribution is 2.11. The molecule has 3 heteroatoms. The van der Waals surface area contributed by atoms with Gasteiger partial charge >= 0.3 is 0 Å². The third-order valence-corrected chi connectivity index (χ3v) is 2.93. The number of aromatic nitrogens is 1. The Balaban J connectivity index is 1.95. The summed E-state index contributed by atoms with van der Waals surface area (Å²) in [5.41, 5.74) is 7.74. The molecule has 1 aromatic heterocycles. The van der Waals surface area contributed by atoms with Crippen molar-refractivity contribution in [1.29, 1.82) is 0 Å². The minimum atomic E-state index is 0.822. The Bertz CT molecular complexity index is 378. The third kappa shape index (κ3) is 2.33. The minimum Gasteiger partial charge on any atom is -0.399 e. The Hall–Kier alpha value is -1.35. The largest absolute Gasteiger partial charge is 0.399 e. The fourth-order valence-corrected chi connectivity index (χ4v) is 1.93. The van der Waals surface area contributed by atoms with Gasteiger partial charge in [0.15, 0.2) is 0 Å². The summed E-state index contributed by atoms with van der Waals surface area (Å²) >= 11 is 1.71. The summed E-state index contributed by atoms with van der Waals surface area (Å²) < 4.78 is 0. The molecule has 0 atom stereocenters. The second kappa shape index (κ2) is 4.24. The number of nitrogens with two attached hydrogens (primary N) is 1. The number of benzene rings is 1. The maximum atomic E-state index is 5.61. The van der Waals surface area contributed by atoms with Crippen molar-refractivity contribution in [3.63, 3.8) is 0 Å². The van der Waals surface area contributed by atoms with E-state index in [0.29, 0.717) is 0 Å². The maximum Gasteiger partial charge on any atom is 0.0928 e. The number of nitrogens with zero attached hydrogens (tertiary/aromatic N) is 1. The van der Waals surface area contributed by atoms with Crippen molar-refractivity contribution < 1.29 is 0 Å². The first-order valence-electron chi connectivity index (χ1n) is 4.57. The first kappa shape index (κ1) is 9.21. The predicted molar refractivity (Wildman–Crippen MR) is 60.4 cm³/mol. The molecule has 2 N–H and O–H groups in total. The van der Waals surface area contributed by atoms with Crippen molar-refractivity contribution in [3.8, 4) is 0 Å². The molecular weight excluding hydrogens is 192 g/mol. The van der Waals surface area contributed by atoms with Gasteiger partial charge in [0.25, 0.3) is 0 Å². The highest BCUT2D eigenvalue weighted by atomic mass is 32.1. The van der Waals surface area contributed by atoms with Crippen LogP contribution in [0.4, 0.5) is 5.69 Å². The molecule has 0 fully saturated rings. The van der Waals surface area contributed by atoms with Gasteiger partial charge in [-0.2, -0.15) is 0 Å². The van der Waals surface area contributed by atoms with Gasteiger partial charge in [0.2, 0.25) is 0 Å². The molecule has 0 aliphatic heterocycles. The van der Waals surface area contributed by atoms with Crippen molar-refractivity contribution in [2.75, 3.05) is 5.73 Å². The monoisotopic (exact) mass is 204 g/mol. The van der Waals surface area contributed by atoms with Crippen molar-refractivity contribution in [2.24, 2.45) is 0 Å². The zero-order chi connectivity index (χ0) is 9.80. The van der Waals surface area contributed by atoms with E-state index in [1.165, 1.54) is 10.6 Å². The lowest BCUT2D eigenvalue weighted by Crippen LogP contribution is -1.91. The second-order valence-electron chi connectivity index (χ2n) is 3.17. The number of anilines is 1. The van der Waals surface area contributed by atoms with Gasteiger partial charge < -0.3 is 5.73 Å². The molecule has 14 heavy (non-hydrogen) atoms. The molecule has 72 valence electrons. The van der Waals surface area contributed by atoms with Crippen molar-refractivity contribution >= 4 is 17.0 Å². The van der Waals surface area contributed by atoms with Crippen LogP contribution in [0.5, 0.6) is 0 Å². The first-order valence-corrected chi connectivity index (χ1v) is 5.45. The molecule has 0 saturated carbocycles. The van der Waals surface area contributed by atoms with Crippen LogP contribution >= 0.6 is 11.3 Å². The maximum absolute atomic E-state index is 5.61. The van der Waals surface area contributed by atoms with Crippen LogP contribution < -0.4 is 5.73 Å². The predicted octanol–water partition coefficient (Wildman–Crippen LogP) is 2.51. The molecule has 1 heterocycles. The van der Waals surface area contributed by atoms with Gasteiger partial charge in [-0.05, 0) is 24.1 Å². The molecule has 2 nitrogen and oxygen atoms in total. The summed E-state index contributed by atoms with van der Waals surface area (Å²) in [7, 11) is 0. The van der Waals surface area contributed by atoms with Gasteiger partial charge in [-0.3, -0.25) is 0 Å². The Morgan fingerprint density at radius 2 is 1.93 bits per heavy atom. The van der Waals surface area contributed by atoms with Crippen molar-refractivity contribution in [3.05, 3.63) is 46.4 Å². The zero-order valence-corrected chi connectivity index (χ0v) is 8.63. The molecule has 0 unspecified atom stereocenters. The van der Waals surface area contributed by atoms with Gasteiger partial charge in [-0.25, -0.2) is 4.98 Å². The molecule has 0 radical (unpaired) electrons. The fourth-order valence-electron chi connectivity index (χ4n) is 1.31. The summed E-state index contributed by atoms with van der Waals surface area (Å²) in [6.07, 6.45) is 3.90. The summed E-state index contributed by atoms with van der Waals surface area (Å²) in [4.78, 5) is 4.24. The van der Waals surface area contributed by atoms with E-state index < -0.39 is 0 Å². The summed E-state index contributed by atoms with van der Waals surface area (Å²) in [5, 5.41) is 3.21. The van der Waals surface area contributed by atoms with Crippen molar-refractivity contribution in [2.45, 2.75) is 12.8 Å². The molecule has 0 bridgehead atoms. The number of rotatable bonds is 3. The van der Waals surface area contributed by atoms with E-state index >= 15 is 0 Å². The number of thiazole rings is 1. The summed E-state index contributed by atoms with van der Waals surface area (Å²) in [5.74, 6) is 0. The van der Waals surface area contributed by atoms with Gasteiger partial charge in [0, 0.05) is 23.7 Å². The summed E-state index contributed by atoms with van der Waals surface area (Å²) in [6.45, 7) is 0. The van der Waals surface area contributed by atoms with E-state index in [-0.39, 0.29) is 0 Å². The van der Waals surface area contributed by atoms with E-state index in [1.807, 2.05) is 23.7 Å². The first-order chi connectivity index (χ1) is 6.84. The highest BCUT2D eigenvalue weighted by molar-refractivity contribution is 7.09. The molecule has 1 aromatic carbocycles. The van der Waals surface area contributed by atoms with Crippen LogP contribution in [0.3, 0.4) is 0 Å². The number of hydrogen-bond donors (Lipinski definition) is 1. The van der Waals surface area contributed by atoms with E-state index in [4.69, 9.17) is 5.73 Å². The topological polar surface area (TPSA) is 38.9 Å². The molecule has 0 aliphatic rings. The molecule has 0 spiro atoms. The zero-order valence-electron chi connectivity index (χ0n) is 7.81. The van der Waals surface area contributed by atoms with Crippen LogP contribution in [0.15, 0.2) is 35.8 Å². The lowest BCUT2D eigenvalue weighted by atomic mass is 10.1. The summed E-state index contributed by atoms with van der Waals surface area (Å²) in [6, 6.07) is 8.03. The van der Waals surface area contributed by atoms with Crippen LogP contribution in [0.2, 0.25) is 0 Å². The lowest BCUT2D eigenvalue weighted by Gasteiger charge is -1.99. The van der Waals surface area contributed by atoms with Crippen LogP contribution in [0.25, 0.3) is 0 Å². The van der Waals surface area contributed by atoms with Gasteiger partial charge in [0.05, 0.1) is 5.01 Å². The third-order valence-electron chi connectivity index (χ3n) is 2.09. The van der Waals surface area contributed by atoms with E-state index in [9.17, 15) is 0 Å². The minimum absolute atomic E-state index is 0.822. The van der Waals surface area contributed by atoms with E-state index in [1.54, 1.807) is 11.3 Å². The van der Waals surface area contributed by atoms with Crippen LogP contribution in [-0.2, 0) is 12.8 Å². The second-order valence-corrected chi connectivity index (χ2v) is 4.15. The number of nitrogen functional groups attached to an aromatic ring is 1. The van der Waals surface area contributed by atoms with Gasteiger partial charge in [-0.1, -0.05) is 12.1 Å². The van der Waals surface area contributed by atoms with E-state index in [2.05, 4.69) is 17.1 Å². The molecule has 0 saturated heterocycles. The molecule has 2 aromatic rings. The molecular formula is C11H12N2S. The highest BCUT2D eigenvalue weighted by Gasteiger charge is 1.97. The Morgan fingerprint density at radius 3 is 2.57 bits per heavy atom. The Labute approximate surface area is 87.4 Å². The Morgan fingerprint density at radius 1 is 1.14 bits per heavy atom.